The molecular formula is C18H21FN4O3S. The Bertz CT molecular complexity index is 801. The van der Waals surface area contributed by atoms with Gasteiger partial charge in [-0.3, -0.25) is 14.5 Å². The SMILES string of the molecule is C[C@H](O)c1ncc(C(=O)N2CCN(CC(=O)Nc3ccc(F)cc3)CC2)s1. The van der Waals surface area contributed by atoms with E-state index in [2.05, 4.69) is 10.3 Å². The van der Waals surface area contributed by atoms with E-state index in [1.165, 1.54) is 41.8 Å². The van der Waals surface area contributed by atoms with Crippen molar-refractivity contribution in [1.82, 2.24) is 14.8 Å². The lowest BCUT2D eigenvalue weighted by molar-refractivity contribution is -0.117. The van der Waals surface area contributed by atoms with E-state index < -0.39 is 6.10 Å². The Kier molecular flexibility index (Phi) is 6.15. The van der Waals surface area contributed by atoms with Gasteiger partial charge in [0.15, 0.2) is 0 Å². The van der Waals surface area contributed by atoms with Crippen LogP contribution in [0.25, 0.3) is 0 Å². The molecule has 0 saturated carbocycles. The highest BCUT2D eigenvalue weighted by Crippen LogP contribution is 2.21. The molecule has 2 aromatic rings. The topological polar surface area (TPSA) is 85.8 Å². The molecule has 1 fully saturated rings. The van der Waals surface area contributed by atoms with Gasteiger partial charge in [-0.2, -0.15) is 0 Å². The number of aliphatic hydroxyl groups is 1. The van der Waals surface area contributed by atoms with Gasteiger partial charge in [0.2, 0.25) is 5.91 Å². The Labute approximate surface area is 160 Å². The number of hydrogen-bond donors (Lipinski definition) is 2. The van der Waals surface area contributed by atoms with Crippen molar-refractivity contribution in [3.05, 3.63) is 46.2 Å². The number of halogens is 1. The summed E-state index contributed by atoms with van der Waals surface area (Å²) in [5, 5.41) is 12.8. The van der Waals surface area contributed by atoms with Crippen molar-refractivity contribution in [2.45, 2.75) is 13.0 Å². The number of carbonyl (C=O) groups excluding carboxylic acids is 2. The minimum Gasteiger partial charge on any atom is -0.386 e. The Hall–Kier alpha value is -2.36. The van der Waals surface area contributed by atoms with Gasteiger partial charge in [0.1, 0.15) is 21.8 Å². The minimum atomic E-state index is -0.687. The summed E-state index contributed by atoms with van der Waals surface area (Å²) in [6.07, 6.45) is 0.811. The average molecular weight is 392 g/mol. The Morgan fingerprint density at radius 2 is 1.93 bits per heavy atom. The molecule has 9 heteroatoms. The zero-order valence-electron chi connectivity index (χ0n) is 14.9. The van der Waals surface area contributed by atoms with Gasteiger partial charge in [-0.1, -0.05) is 0 Å². The van der Waals surface area contributed by atoms with Gasteiger partial charge < -0.3 is 15.3 Å². The summed E-state index contributed by atoms with van der Waals surface area (Å²) in [7, 11) is 0. The average Bonchev–Trinajstić information content (AvgIpc) is 3.14. The number of benzene rings is 1. The predicted molar refractivity (Wildman–Crippen MR) is 100 cm³/mol. The fraction of sp³-hybridized carbons (Fsp3) is 0.389. The Morgan fingerprint density at radius 1 is 1.26 bits per heavy atom. The van der Waals surface area contributed by atoms with Gasteiger partial charge >= 0.3 is 0 Å². The number of anilines is 1. The van der Waals surface area contributed by atoms with Gasteiger partial charge in [0.05, 0.1) is 12.7 Å². The second kappa shape index (κ2) is 8.55. The Morgan fingerprint density at radius 3 is 2.52 bits per heavy atom. The molecule has 0 unspecified atom stereocenters. The van der Waals surface area contributed by atoms with Crippen molar-refractivity contribution < 1.29 is 19.1 Å². The lowest BCUT2D eigenvalue weighted by atomic mass is 10.3. The third-order valence-electron chi connectivity index (χ3n) is 4.25. The van der Waals surface area contributed by atoms with Crippen molar-refractivity contribution >= 4 is 28.8 Å². The van der Waals surface area contributed by atoms with Gasteiger partial charge in [0, 0.05) is 31.9 Å². The molecule has 7 nitrogen and oxygen atoms in total. The van der Waals surface area contributed by atoms with Gasteiger partial charge in [-0.05, 0) is 31.2 Å². The molecule has 3 rings (SSSR count). The first kappa shape index (κ1) is 19.4. The van der Waals surface area contributed by atoms with Crippen molar-refractivity contribution in [3.8, 4) is 0 Å². The highest BCUT2D eigenvalue weighted by molar-refractivity contribution is 7.13. The molecule has 1 aromatic heterocycles. The molecule has 1 aliphatic rings. The van der Waals surface area contributed by atoms with Crippen LogP contribution in [0.5, 0.6) is 0 Å². The molecule has 1 atom stereocenters. The first-order valence-corrected chi connectivity index (χ1v) is 9.45. The van der Waals surface area contributed by atoms with Crippen LogP contribution in [0, 0.1) is 5.82 Å². The second-order valence-corrected chi connectivity index (χ2v) is 7.42. The smallest absolute Gasteiger partial charge is 0.265 e. The van der Waals surface area contributed by atoms with Crippen LogP contribution >= 0.6 is 11.3 Å². The summed E-state index contributed by atoms with van der Waals surface area (Å²) >= 11 is 1.20. The van der Waals surface area contributed by atoms with Crippen molar-refractivity contribution in [1.29, 1.82) is 0 Å². The van der Waals surface area contributed by atoms with Gasteiger partial charge in [-0.15, -0.1) is 11.3 Å². The number of aromatic nitrogens is 1. The monoisotopic (exact) mass is 392 g/mol. The van der Waals surface area contributed by atoms with Gasteiger partial charge in [-0.25, -0.2) is 9.37 Å². The zero-order valence-corrected chi connectivity index (χ0v) is 15.7. The van der Waals surface area contributed by atoms with Crippen LogP contribution in [0.4, 0.5) is 10.1 Å². The first-order chi connectivity index (χ1) is 12.9. The molecule has 1 aromatic carbocycles. The number of thiazole rings is 1. The largest absolute Gasteiger partial charge is 0.386 e. The molecule has 0 radical (unpaired) electrons. The molecule has 0 spiro atoms. The lowest BCUT2D eigenvalue weighted by Crippen LogP contribution is -2.50. The highest BCUT2D eigenvalue weighted by Gasteiger charge is 2.25. The minimum absolute atomic E-state index is 0.102. The predicted octanol–water partition coefficient (Wildman–Crippen LogP) is 1.73. The third-order valence-corrected chi connectivity index (χ3v) is 5.40. The molecule has 0 aliphatic carbocycles. The van der Waals surface area contributed by atoms with E-state index in [9.17, 15) is 19.1 Å². The van der Waals surface area contributed by atoms with E-state index >= 15 is 0 Å². The number of rotatable bonds is 5. The van der Waals surface area contributed by atoms with Crippen LogP contribution in [-0.2, 0) is 4.79 Å². The summed E-state index contributed by atoms with van der Waals surface area (Å²) in [6, 6.07) is 5.62. The summed E-state index contributed by atoms with van der Waals surface area (Å²) in [4.78, 5) is 32.9. The Balaban J connectivity index is 1.47. The van der Waals surface area contributed by atoms with E-state index in [1.54, 1.807) is 11.8 Å². The normalized spacial score (nSPS) is 16.2. The molecule has 1 saturated heterocycles. The quantitative estimate of drug-likeness (QED) is 0.810. The number of aliphatic hydroxyl groups excluding tert-OH is 1. The number of hydrogen-bond acceptors (Lipinski definition) is 6. The summed E-state index contributed by atoms with van der Waals surface area (Å²) in [6.45, 7) is 4.04. The maximum atomic E-state index is 12.9. The number of piperazine rings is 1. The van der Waals surface area contributed by atoms with Crippen LogP contribution < -0.4 is 5.32 Å². The molecule has 144 valence electrons. The van der Waals surface area contributed by atoms with E-state index in [-0.39, 0.29) is 24.2 Å². The van der Waals surface area contributed by atoms with E-state index in [0.29, 0.717) is 41.8 Å². The van der Waals surface area contributed by atoms with E-state index in [0.717, 1.165) is 0 Å². The van der Waals surface area contributed by atoms with Crippen LogP contribution in [0.3, 0.4) is 0 Å². The molecule has 2 heterocycles. The third kappa shape index (κ3) is 5.09. The first-order valence-electron chi connectivity index (χ1n) is 8.63. The summed E-state index contributed by atoms with van der Waals surface area (Å²) < 4.78 is 12.9. The number of amides is 2. The van der Waals surface area contributed by atoms with Crippen LogP contribution in [0.1, 0.15) is 27.7 Å². The van der Waals surface area contributed by atoms with Crippen LogP contribution in [0.2, 0.25) is 0 Å². The van der Waals surface area contributed by atoms with Crippen LogP contribution in [-0.4, -0.2) is 64.4 Å². The number of carbonyl (C=O) groups is 2. The molecule has 2 amide bonds. The number of nitrogens with zero attached hydrogens (tertiary/aromatic N) is 3. The fourth-order valence-electron chi connectivity index (χ4n) is 2.78. The maximum Gasteiger partial charge on any atom is 0.265 e. The van der Waals surface area contributed by atoms with Crippen molar-refractivity contribution in [2.75, 3.05) is 38.0 Å². The fourth-order valence-corrected chi connectivity index (χ4v) is 3.60. The van der Waals surface area contributed by atoms with Crippen molar-refractivity contribution in [2.24, 2.45) is 0 Å². The molecular weight excluding hydrogens is 371 g/mol. The van der Waals surface area contributed by atoms with Crippen LogP contribution in [0.15, 0.2) is 30.5 Å². The van der Waals surface area contributed by atoms with E-state index in [4.69, 9.17) is 0 Å². The highest BCUT2D eigenvalue weighted by atomic mass is 32.1. The summed E-state index contributed by atoms with van der Waals surface area (Å²) in [5.74, 6) is -0.629. The maximum absolute atomic E-state index is 12.9. The zero-order chi connectivity index (χ0) is 19.4. The standard InChI is InChI=1S/C18H21FN4O3S/c1-12(24)17-20-10-15(27-17)18(26)23-8-6-22(7-9-23)11-16(25)21-14-4-2-13(19)3-5-14/h2-5,10,12,24H,6-9,11H2,1H3,(H,21,25)/t12-/m0/s1. The van der Waals surface area contributed by atoms with Crippen molar-refractivity contribution in [3.63, 3.8) is 0 Å². The lowest BCUT2D eigenvalue weighted by Gasteiger charge is -2.34. The van der Waals surface area contributed by atoms with Gasteiger partial charge in [0.25, 0.3) is 5.91 Å². The molecule has 27 heavy (non-hydrogen) atoms. The molecule has 0 bridgehead atoms. The van der Waals surface area contributed by atoms with E-state index in [1.807, 2.05) is 4.90 Å². The second-order valence-electron chi connectivity index (χ2n) is 6.36. The summed E-state index contributed by atoms with van der Waals surface area (Å²) in [5.41, 5.74) is 0.550. The number of nitrogens with one attached hydrogen (secondary N) is 1. The molecule has 1 aliphatic heterocycles. The molecule has 2 N–H and O–H groups in total.